The SMILES string of the molecule is Cc1cc(Cc2ccc(-c3cn[nH]c3)n3ccnc23)ccc1N1CCN(C)CC1. The van der Waals surface area contributed by atoms with Crippen LogP contribution in [0.5, 0.6) is 0 Å². The summed E-state index contributed by atoms with van der Waals surface area (Å²) < 4.78 is 2.14. The molecule has 1 aliphatic rings. The number of pyridine rings is 1. The Morgan fingerprint density at radius 2 is 1.93 bits per heavy atom. The number of nitrogens with zero attached hydrogens (tertiary/aromatic N) is 5. The number of anilines is 1. The van der Waals surface area contributed by atoms with Crippen LogP contribution in [-0.4, -0.2) is 57.7 Å². The van der Waals surface area contributed by atoms with Gasteiger partial charge in [0, 0.05) is 62.4 Å². The third-order valence-corrected chi connectivity index (χ3v) is 5.92. The van der Waals surface area contributed by atoms with Gasteiger partial charge in [0.05, 0.1) is 11.9 Å². The number of hydrogen-bond acceptors (Lipinski definition) is 4. The number of rotatable bonds is 4. The van der Waals surface area contributed by atoms with Crippen molar-refractivity contribution in [3.63, 3.8) is 0 Å². The topological polar surface area (TPSA) is 52.5 Å². The van der Waals surface area contributed by atoms with E-state index in [1.165, 1.54) is 22.4 Å². The van der Waals surface area contributed by atoms with Crippen LogP contribution in [0.4, 0.5) is 5.69 Å². The van der Waals surface area contributed by atoms with Gasteiger partial charge in [0.2, 0.25) is 0 Å². The van der Waals surface area contributed by atoms with E-state index in [0.717, 1.165) is 49.5 Å². The zero-order chi connectivity index (χ0) is 19.8. The Balaban J connectivity index is 1.42. The molecule has 148 valence electrons. The van der Waals surface area contributed by atoms with Gasteiger partial charge in [0.1, 0.15) is 5.65 Å². The highest BCUT2D eigenvalue weighted by atomic mass is 15.2. The van der Waals surface area contributed by atoms with Crippen molar-refractivity contribution in [1.29, 1.82) is 0 Å². The van der Waals surface area contributed by atoms with E-state index < -0.39 is 0 Å². The summed E-state index contributed by atoms with van der Waals surface area (Å²) >= 11 is 0. The van der Waals surface area contributed by atoms with Gasteiger partial charge in [-0.1, -0.05) is 18.2 Å². The number of imidazole rings is 1. The first-order chi connectivity index (χ1) is 14.2. The number of H-pyrrole nitrogens is 1. The van der Waals surface area contributed by atoms with Gasteiger partial charge in [-0.15, -0.1) is 0 Å². The molecular weight excluding hydrogens is 360 g/mol. The number of aryl methyl sites for hydroxylation is 1. The minimum atomic E-state index is 0.871. The minimum absolute atomic E-state index is 0.871. The second-order valence-corrected chi connectivity index (χ2v) is 7.94. The fourth-order valence-electron chi connectivity index (χ4n) is 4.28. The Hall–Kier alpha value is -3.12. The zero-order valence-electron chi connectivity index (χ0n) is 17.0. The standard InChI is InChI=1S/C23H26N6/c1-17-13-18(3-5-21(17)28-11-9-27(2)10-12-28)14-19-4-6-22(20-15-25-26-16-20)29-8-7-24-23(19)29/h3-8,13,15-16H,9-12,14H2,1-2H3,(H,25,26). The Morgan fingerprint density at radius 3 is 2.69 bits per heavy atom. The van der Waals surface area contributed by atoms with Gasteiger partial charge >= 0.3 is 0 Å². The molecule has 4 aromatic rings. The highest BCUT2D eigenvalue weighted by Crippen LogP contribution is 2.26. The first-order valence-electron chi connectivity index (χ1n) is 10.2. The smallest absolute Gasteiger partial charge is 0.140 e. The molecule has 1 aliphatic heterocycles. The van der Waals surface area contributed by atoms with Crippen molar-refractivity contribution < 1.29 is 0 Å². The van der Waals surface area contributed by atoms with E-state index in [1.54, 1.807) is 0 Å². The Labute approximate surface area is 170 Å². The molecule has 0 bridgehead atoms. The summed E-state index contributed by atoms with van der Waals surface area (Å²) in [6.45, 7) is 6.68. The summed E-state index contributed by atoms with van der Waals surface area (Å²) in [6, 6.07) is 11.2. The van der Waals surface area contributed by atoms with Gasteiger partial charge in [0.25, 0.3) is 0 Å². The lowest BCUT2D eigenvalue weighted by Crippen LogP contribution is -2.44. The molecule has 0 unspecified atom stereocenters. The van der Waals surface area contributed by atoms with Crippen LogP contribution in [0.25, 0.3) is 16.9 Å². The second-order valence-electron chi connectivity index (χ2n) is 7.94. The van der Waals surface area contributed by atoms with Gasteiger partial charge in [-0.3, -0.25) is 9.50 Å². The zero-order valence-corrected chi connectivity index (χ0v) is 17.0. The van der Waals surface area contributed by atoms with Crippen molar-refractivity contribution in [3.05, 3.63) is 71.8 Å². The Kier molecular flexibility index (Phi) is 4.56. The molecule has 1 aromatic carbocycles. The van der Waals surface area contributed by atoms with Crippen LogP contribution in [0.2, 0.25) is 0 Å². The van der Waals surface area contributed by atoms with Crippen molar-refractivity contribution in [3.8, 4) is 11.3 Å². The maximum atomic E-state index is 4.63. The van der Waals surface area contributed by atoms with E-state index in [1.807, 2.05) is 24.8 Å². The van der Waals surface area contributed by atoms with E-state index in [2.05, 4.69) is 73.7 Å². The van der Waals surface area contributed by atoms with Gasteiger partial charge in [0.15, 0.2) is 0 Å². The van der Waals surface area contributed by atoms with E-state index in [0.29, 0.717) is 0 Å². The molecule has 3 aromatic heterocycles. The highest BCUT2D eigenvalue weighted by Gasteiger charge is 2.16. The molecule has 0 atom stereocenters. The first-order valence-corrected chi connectivity index (χ1v) is 10.2. The van der Waals surface area contributed by atoms with Crippen molar-refractivity contribution >= 4 is 11.3 Å². The van der Waals surface area contributed by atoms with Gasteiger partial charge in [-0.2, -0.15) is 5.10 Å². The fraction of sp³-hybridized carbons (Fsp3) is 0.304. The molecular formula is C23H26N6. The monoisotopic (exact) mass is 386 g/mol. The quantitative estimate of drug-likeness (QED) is 0.584. The molecule has 0 amide bonds. The predicted molar refractivity (Wildman–Crippen MR) is 116 cm³/mol. The molecule has 6 heteroatoms. The lowest BCUT2D eigenvalue weighted by atomic mass is 10.0. The largest absolute Gasteiger partial charge is 0.369 e. The van der Waals surface area contributed by atoms with Gasteiger partial charge in [-0.05, 0) is 42.8 Å². The average molecular weight is 387 g/mol. The summed E-state index contributed by atoms with van der Waals surface area (Å²) in [5.41, 5.74) is 8.42. The van der Waals surface area contributed by atoms with Crippen LogP contribution >= 0.6 is 0 Å². The molecule has 0 aliphatic carbocycles. The second kappa shape index (κ2) is 7.37. The normalized spacial score (nSPS) is 15.3. The highest BCUT2D eigenvalue weighted by molar-refractivity contribution is 5.65. The minimum Gasteiger partial charge on any atom is -0.369 e. The van der Waals surface area contributed by atoms with E-state index >= 15 is 0 Å². The number of hydrogen-bond donors (Lipinski definition) is 1. The van der Waals surface area contributed by atoms with Gasteiger partial charge in [-0.25, -0.2) is 4.98 Å². The molecule has 0 saturated carbocycles. The van der Waals surface area contributed by atoms with Crippen LogP contribution in [0.15, 0.2) is 55.1 Å². The maximum Gasteiger partial charge on any atom is 0.140 e. The number of piperazine rings is 1. The molecule has 29 heavy (non-hydrogen) atoms. The van der Waals surface area contributed by atoms with E-state index in [-0.39, 0.29) is 0 Å². The molecule has 1 fully saturated rings. The van der Waals surface area contributed by atoms with Crippen LogP contribution in [0.3, 0.4) is 0 Å². The summed E-state index contributed by atoms with van der Waals surface area (Å²) in [6.07, 6.45) is 8.51. The summed E-state index contributed by atoms with van der Waals surface area (Å²) in [4.78, 5) is 9.52. The number of benzene rings is 1. The van der Waals surface area contributed by atoms with Crippen LogP contribution < -0.4 is 4.90 Å². The van der Waals surface area contributed by atoms with E-state index in [9.17, 15) is 0 Å². The number of aromatic amines is 1. The number of nitrogens with one attached hydrogen (secondary N) is 1. The molecule has 1 saturated heterocycles. The fourth-order valence-corrected chi connectivity index (χ4v) is 4.28. The van der Waals surface area contributed by atoms with Crippen molar-refractivity contribution in [1.82, 2.24) is 24.5 Å². The summed E-state index contributed by atoms with van der Waals surface area (Å²) in [5, 5.41) is 6.97. The van der Waals surface area contributed by atoms with Crippen molar-refractivity contribution in [2.45, 2.75) is 13.3 Å². The number of fused-ring (bicyclic) bond motifs is 1. The summed E-state index contributed by atoms with van der Waals surface area (Å²) in [7, 11) is 2.20. The summed E-state index contributed by atoms with van der Waals surface area (Å²) in [5.74, 6) is 0. The molecule has 6 nitrogen and oxygen atoms in total. The average Bonchev–Trinajstić information content (AvgIpc) is 3.42. The molecule has 4 heterocycles. The van der Waals surface area contributed by atoms with Crippen LogP contribution in [0, 0.1) is 6.92 Å². The van der Waals surface area contributed by atoms with E-state index in [4.69, 9.17) is 0 Å². The third kappa shape index (κ3) is 3.40. The Morgan fingerprint density at radius 1 is 1.07 bits per heavy atom. The lowest BCUT2D eigenvalue weighted by Gasteiger charge is -2.35. The third-order valence-electron chi connectivity index (χ3n) is 5.92. The first kappa shape index (κ1) is 17.9. The number of aromatic nitrogens is 4. The van der Waals surface area contributed by atoms with Crippen molar-refractivity contribution in [2.24, 2.45) is 0 Å². The molecule has 5 rings (SSSR count). The van der Waals surface area contributed by atoms with Gasteiger partial charge < -0.3 is 9.80 Å². The molecule has 0 radical (unpaired) electrons. The Bertz CT molecular complexity index is 1120. The molecule has 0 spiro atoms. The lowest BCUT2D eigenvalue weighted by molar-refractivity contribution is 0.312. The maximum absolute atomic E-state index is 4.63. The molecule has 1 N–H and O–H groups in total. The van der Waals surface area contributed by atoms with Crippen LogP contribution in [-0.2, 0) is 6.42 Å². The van der Waals surface area contributed by atoms with Crippen molar-refractivity contribution in [2.75, 3.05) is 38.1 Å². The number of likely N-dealkylation sites (N-methyl/N-ethyl adjacent to an activating group) is 1. The predicted octanol–water partition coefficient (Wildman–Crippen LogP) is 3.38. The van der Waals surface area contributed by atoms with Crippen LogP contribution in [0.1, 0.15) is 16.7 Å².